The number of nitrogens with zero attached hydrogens (tertiary/aromatic N) is 3. The molecule has 1 heterocycles. The van der Waals surface area contributed by atoms with Crippen molar-refractivity contribution in [3.8, 4) is 11.5 Å². The number of benzene rings is 1. The molecule has 0 amide bonds. The SMILES string of the molecule is Cc1ccc([N+](=O)[O-])c(-c2nnc(I)o2)c1. The molecule has 0 fully saturated rings. The van der Waals surface area contributed by atoms with Crippen molar-refractivity contribution in [3.05, 3.63) is 37.8 Å². The minimum absolute atomic E-state index is 0.0364. The summed E-state index contributed by atoms with van der Waals surface area (Å²) in [6.45, 7) is 1.84. The highest BCUT2D eigenvalue weighted by Crippen LogP contribution is 2.29. The van der Waals surface area contributed by atoms with Crippen LogP contribution < -0.4 is 0 Å². The zero-order valence-electron chi connectivity index (χ0n) is 8.18. The van der Waals surface area contributed by atoms with Crippen LogP contribution in [-0.2, 0) is 0 Å². The lowest BCUT2D eigenvalue weighted by atomic mass is 10.1. The van der Waals surface area contributed by atoms with Crippen molar-refractivity contribution >= 4 is 28.3 Å². The molecular formula is C9H6IN3O3. The first-order valence-corrected chi connectivity index (χ1v) is 5.40. The number of halogens is 1. The molecule has 16 heavy (non-hydrogen) atoms. The number of rotatable bonds is 2. The lowest BCUT2D eigenvalue weighted by molar-refractivity contribution is -0.384. The molecule has 0 aliphatic heterocycles. The van der Waals surface area contributed by atoms with E-state index < -0.39 is 4.92 Å². The molecule has 0 atom stereocenters. The van der Waals surface area contributed by atoms with Crippen molar-refractivity contribution < 1.29 is 9.34 Å². The van der Waals surface area contributed by atoms with Crippen molar-refractivity contribution in [2.24, 2.45) is 0 Å². The van der Waals surface area contributed by atoms with Gasteiger partial charge in [-0.2, -0.15) is 0 Å². The van der Waals surface area contributed by atoms with Crippen LogP contribution in [0, 0.1) is 20.9 Å². The lowest BCUT2D eigenvalue weighted by Gasteiger charge is -1.99. The number of hydrogen-bond donors (Lipinski definition) is 0. The lowest BCUT2D eigenvalue weighted by Crippen LogP contribution is -1.92. The smallest absolute Gasteiger partial charge is 0.282 e. The Hall–Kier alpha value is -1.51. The van der Waals surface area contributed by atoms with Gasteiger partial charge in [0.2, 0.25) is 0 Å². The number of hydrogen-bond acceptors (Lipinski definition) is 5. The van der Waals surface area contributed by atoms with E-state index in [1.165, 1.54) is 6.07 Å². The zero-order valence-corrected chi connectivity index (χ0v) is 10.3. The Bertz CT molecular complexity index is 553. The Balaban J connectivity index is 2.62. The average molecular weight is 331 g/mol. The quantitative estimate of drug-likeness (QED) is 0.480. The highest BCUT2D eigenvalue weighted by molar-refractivity contribution is 14.1. The highest BCUT2D eigenvalue weighted by Gasteiger charge is 2.19. The summed E-state index contributed by atoms with van der Waals surface area (Å²) in [5, 5.41) is 18.2. The summed E-state index contributed by atoms with van der Waals surface area (Å²) >= 11 is 1.86. The summed E-state index contributed by atoms with van der Waals surface area (Å²) < 4.78 is 5.53. The van der Waals surface area contributed by atoms with Gasteiger partial charge in [0.05, 0.1) is 4.92 Å². The predicted octanol–water partition coefficient (Wildman–Crippen LogP) is 2.56. The molecule has 1 aromatic carbocycles. The first kappa shape index (κ1) is 11.0. The fourth-order valence-electron chi connectivity index (χ4n) is 1.29. The second kappa shape index (κ2) is 4.16. The van der Waals surface area contributed by atoms with Gasteiger partial charge in [0, 0.05) is 28.7 Å². The summed E-state index contributed by atoms with van der Waals surface area (Å²) in [6, 6.07) is 4.76. The molecule has 2 aromatic rings. The van der Waals surface area contributed by atoms with Crippen molar-refractivity contribution in [3.63, 3.8) is 0 Å². The summed E-state index contributed by atoms with van der Waals surface area (Å²) in [7, 11) is 0. The van der Waals surface area contributed by atoms with Gasteiger partial charge >= 0.3 is 0 Å². The van der Waals surface area contributed by atoms with Gasteiger partial charge in [0.1, 0.15) is 5.56 Å². The summed E-state index contributed by atoms with van der Waals surface area (Å²) in [4.78, 5) is 10.4. The minimum atomic E-state index is -0.466. The van der Waals surface area contributed by atoms with Crippen LogP contribution in [-0.4, -0.2) is 15.1 Å². The maximum Gasteiger partial charge on any atom is 0.282 e. The molecule has 6 nitrogen and oxygen atoms in total. The molecule has 0 aliphatic carbocycles. The van der Waals surface area contributed by atoms with Gasteiger partial charge in [-0.05, 0) is 18.6 Å². The van der Waals surface area contributed by atoms with Crippen LogP contribution in [0.1, 0.15) is 5.56 Å². The van der Waals surface area contributed by atoms with Crippen molar-refractivity contribution in [2.45, 2.75) is 6.92 Å². The summed E-state index contributed by atoms with van der Waals surface area (Å²) in [5.41, 5.74) is 1.21. The largest absolute Gasteiger partial charge is 0.411 e. The average Bonchev–Trinajstić information content (AvgIpc) is 2.64. The van der Waals surface area contributed by atoms with E-state index in [0.717, 1.165) is 5.56 Å². The number of aromatic nitrogens is 2. The number of aryl methyl sites for hydroxylation is 1. The first-order chi connectivity index (χ1) is 7.58. The number of nitro groups is 1. The van der Waals surface area contributed by atoms with E-state index >= 15 is 0 Å². The zero-order chi connectivity index (χ0) is 11.7. The van der Waals surface area contributed by atoms with E-state index in [-0.39, 0.29) is 11.6 Å². The fraction of sp³-hybridized carbons (Fsp3) is 0.111. The van der Waals surface area contributed by atoms with Gasteiger partial charge in [-0.1, -0.05) is 6.07 Å². The molecule has 0 N–H and O–H groups in total. The molecule has 0 unspecified atom stereocenters. The molecule has 0 saturated heterocycles. The summed E-state index contributed by atoms with van der Waals surface area (Å²) in [5.74, 6) is 0.166. The molecule has 0 aliphatic rings. The van der Waals surface area contributed by atoms with E-state index in [2.05, 4.69) is 10.2 Å². The monoisotopic (exact) mass is 331 g/mol. The Kier molecular flexibility index (Phi) is 2.86. The Morgan fingerprint density at radius 1 is 1.44 bits per heavy atom. The first-order valence-electron chi connectivity index (χ1n) is 4.32. The molecule has 1 aromatic heterocycles. The van der Waals surface area contributed by atoms with Crippen LogP contribution in [0.15, 0.2) is 22.6 Å². The van der Waals surface area contributed by atoms with Gasteiger partial charge in [-0.3, -0.25) is 10.1 Å². The second-order valence-corrected chi connectivity index (χ2v) is 4.06. The maximum atomic E-state index is 10.8. The molecule has 2 rings (SSSR count). The van der Waals surface area contributed by atoms with E-state index in [1.54, 1.807) is 12.1 Å². The van der Waals surface area contributed by atoms with Crippen LogP contribution in [0.4, 0.5) is 5.69 Å². The molecule has 82 valence electrons. The third-order valence-electron chi connectivity index (χ3n) is 1.98. The molecule has 0 saturated carbocycles. The van der Waals surface area contributed by atoms with Gasteiger partial charge in [-0.15, -0.1) is 10.2 Å². The van der Waals surface area contributed by atoms with Crippen molar-refractivity contribution in [1.29, 1.82) is 0 Å². The molecular weight excluding hydrogens is 325 g/mol. The maximum absolute atomic E-state index is 10.8. The number of nitro benzene ring substituents is 1. The molecule has 7 heteroatoms. The van der Waals surface area contributed by atoms with Crippen LogP contribution in [0.5, 0.6) is 0 Å². The van der Waals surface area contributed by atoms with E-state index in [4.69, 9.17) is 4.42 Å². The van der Waals surface area contributed by atoms with Gasteiger partial charge in [0.25, 0.3) is 15.5 Å². The molecule has 0 spiro atoms. The second-order valence-electron chi connectivity index (χ2n) is 3.14. The minimum Gasteiger partial charge on any atom is -0.411 e. The normalized spacial score (nSPS) is 10.4. The Morgan fingerprint density at radius 3 is 2.75 bits per heavy atom. The molecule has 0 radical (unpaired) electrons. The van der Waals surface area contributed by atoms with Gasteiger partial charge in [0.15, 0.2) is 0 Å². The Labute approximate surface area is 104 Å². The Morgan fingerprint density at radius 2 is 2.19 bits per heavy atom. The topological polar surface area (TPSA) is 82.1 Å². The van der Waals surface area contributed by atoms with E-state index in [0.29, 0.717) is 9.46 Å². The highest BCUT2D eigenvalue weighted by atomic mass is 127. The molecule has 0 bridgehead atoms. The van der Waals surface area contributed by atoms with Crippen LogP contribution in [0.25, 0.3) is 11.5 Å². The standard InChI is InChI=1S/C9H6IN3O3/c1-5-2-3-7(13(14)15)6(4-5)8-11-12-9(10)16-8/h2-4H,1H3. The van der Waals surface area contributed by atoms with Crippen LogP contribution in [0.3, 0.4) is 0 Å². The fourth-order valence-corrected chi connectivity index (χ4v) is 1.61. The van der Waals surface area contributed by atoms with E-state index in [1.807, 2.05) is 29.5 Å². The third kappa shape index (κ3) is 2.03. The van der Waals surface area contributed by atoms with E-state index in [9.17, 15) is 10.1 Å². The van der Waals surface area contributed by atoms with Crippen molar-refractivity contribution in [1.82, 2.24) is 10.2 Å². The predicted molar refractivity (Wildman–Crippen MR) is 63.8 cm³/mol. The van der Waals surface area contributed by atoms with Crippen molar-refractivity contribution in [2.75, 3.05) is 0 Å². The van der Waals surface area contributed by atoms with Crippen LogP contribution in [0.2, 0.25) is 0 Å². The van der Waals surface area contributed by atoms with Gasteiger partial charge in [-0.25, -0.2) is 0 Å². The van der Waals surface area contributed by atoms with Crippen LogP contribution >= 0.6 is 22.6 Å². The summed E-state index contributed by atoms with van der Waals surface area (Å²) in [6.07, 6.45) is 0. The third-order valence-corrected chi connectivity index (χ3v) is 2.42. The van der Waals surface area contributed by atoms with Gasteiger partial charge < -0.3 is 4.42 Å².